The van der Waals surface area contributed by atoms with E-state index in [1.165, 1.54) is 44.1 Å². The van der Waals surface area contributed by atoms with Crippen molar-refractivity contribution in [3.63, 3.8) is 0 Å². The average molecular weight is 272 g/mol. The van der Waals surface area contributed by atoms with E-state index in [0.717, 1.165) is 5.92 Å². The summed E-state index contributed by atoms with van der Waals surface area (Å²) < 4.78 is 0. The molecule has 2 rings (SSSR count). The molecule has 0 spiro atoms. The van der Waals surface area contributed by atoms with Crippen LogP contribution in [0.1, 0.15) is 67.3 Å². The van der Waals surface area contributed by atoms with Crippen molar-refractivity contribution in [1.82, 2.24) is 0 Å². The molecule has 2 nitrogen and oxygen atoms in total. The van der Waals surface area contributed by atoms with Gasteiger partial charge in [0.25, 0.3) is 0 Å². The van der Waals surface area contributed by atoms with Gasteiger partial charge in [-0.1, -0.05) is 24.3 Å². The van der Waals surface area contributed by atoms with Crippen molar-refractivity contribution in [2.45, 2.75) is 51.4 Å². The monoisotopic (exact) mass is 272 g/mol. The summed E-state index contributed by atoms with van der Waals surface area (Å²) >= 11 is 0. The van der Waals surface area contributed by atoms with Gasteiger partial charge in [-0.05, 0) is 75.0 Å². The van der Waals surface area contributed by atoms with Gasteiger partial charge >= 0.3 is 5.97 Å². The van der Waals surface area contributed by atoms with Crippen LogP contribution in [0.3, 0.4) is 0 Å². The third-order valence-corrected chi connectivity index (χ3v) is 4.45. The van der Waals surface area contributed by atoms with Gasteiger partial charge in [0.1, 0.15) is 0 Å². The molecule has 1 aromatic rings. The van der Waals surface area contributed by atoms with E-state index in [1.54, 1.807) is 12.1 Å². The lowest BCUT2D eigenvalue weighted by atomic mass is 9.77. The Balaban J connectivity index is 1.85. The third-order valence-electron chi connectivity index (χ3n) is 4.45. The molecule has 1 aromatic carbocycles. The highest BCUT2D eigenvalue weighted by molar-refractivity contribution is 5.87. The third kappa shape index (κ3) is 3.96. The van der Waals surface area contributed by atoms with Crippen molar-refractivity contribution in [2.24, 2.45) is 5.92 Å². The molecule has 1 saturated carbocycles. The van der Waals surface area contributed by atoms with Crippen molar-refractivity contribution >= 4 is 5.97 Å². The molecule has 0 aromatic heterocycles. The zero-order valence-electron chi connectivity index (χ0n) is 12.2. The number of rotatable bonds is 5. The summed E-state index contributed by atoms with van der Waals surface area (Å²) in [5.41, 5.74) is 1.69. The second-order valence-electron chi connectivity index (χ2n) is 5.79. The van der Waals surface area contributed by atoms with Crippen molar-refractivity contribution in [1.29, 1.82) is 0 Å². The first-order chi connectivity index (χ1) is 9.70. The molecule has 0 amide bonds. The van der Waals surface area contributed by atoms with E-state index in [9.17, 15) is 4.79 Å². The second kappa shape index (κ2) is 7.28. The van der Waals surface area contributed by atoms with Crippen LogP contribution in [0.2, 0.25) is 0 Å². The maximum Gasteiger partial charge on any atom is 0.335 e. The van der Waals surface area contributed by atoms with E-state index in [4.69, 9.17) is 5.11 Å². The van der Waals surface area contributed by atoms with Crippen molar-refractivity contribution in [3.05, 3.63) is 47.5 Å². The molecule has 1 aliphatic rings. The number of carbonyl (C=O) groups is 1. The Kier molecular flexibility index (Phi) is 5.40. The van der Waals surface area contributed by atoms with E-state index in [-0.39, 0.29) is 0 Å². The minimum atomic E-state index is -0.843. The number of benzene rings is 1. The van der Waals surface area contributed by atoms with E-state index < -0.39 is 5.97 Å². The molecule has 0 atom stereocenters. The molecule has 2 heteroatoms. The molecule has 0 aliphatic heterocycles. The van der Waals surface area contributed by atoms with Crippen LogP contribution in [0, 0.1) is 5.92 Å². The molecule has 0 saturated heterocycles. The molecule has 0 radical (unpaired) electrons. The molecule has 20 heavy (non-hydrogen) atoms. The van der Waals surface area contributed by atoms with E-state index >= 15 is 0 Å². The summed E-state index contributed by atoms with van der Waals surface area (Å²) in [6.07, 6.45) is 12.0. The number of hydrogen-bond donors (Lipinski definition) is 1. The summed E-state index contributed by atoms with van der Waals surface area (Å²) in [6, 6.07) is 7.45. The van der Waals surface area contributed by atoms with Crippen LogP contribution in [-0.2, 0) is 0 Å². The van der Waals surface area contributed by atoms with Crippen LogP contribution in [0.4, 0.5) is 0 Å². The molecule has 108 valence electrons. The van der Waals surface area contributed by atoms with Gasteiger partial charge in [0, 0.05) is 0 Å². The van der Waals surface area contributed by atoms with Crippen LogP contribution in [0.25, 0.3) is 0 Å². The number of carboxylic acid groups (broad SMARTS) is 1. The molecular formula is C18H24O2. The highest BCUT2D eigenvalue weighted by atomic mass is 16.4. The molecule has 1 N–H and O–H groups in total. The number of carboxylic acids is 1. The molecule has 1 aliphatic carbocycles. The van der Waals surface area contributed by atoms with Gasteiger partial charge in [-0.3, -0.25) is 0 Å². The number of aromatic carboxylic acids is 1. The highest BCUT2D eigenvalue weighted by Gasteiger charge is 2.21. The van der Waals surface area contributed by atoms with Gasteiger partial charge in [-0.15, -0.1) is 0 Å². The van der Waals surface area contributed by atoms with E-state index in [0.29, 0.717) is 11.5 Å². The highest BCUT2D eigenvalue weighted by Crippen LogP contribution is 2.37. The van der Waals surface area contributed by atoms with Crippen LogP contribution in [0.5, 0.6) is 0 Å². The maximum atomic E-state index is 10.9. The van der Waals surface area contributed by atoms with Crippen molar-refractivity contribution < 1.29 is 9.90 Å². The molecule has 0 heterocycles. The Morgan fingerprint density at radius 1 is 1.20 bits per heavy atom. The number of allylic oxidation sites excluding steroid dienone is 2. The van der Waals surface area contributed by atoms with Gasteiger partial charge in [-0.25, -0.2) is 4.79 Å². The zero-order valence-corrected chi connectivity index (χ0v) is 12.2. The van der Waals surface area contributed by atoms with Crippen molar-refractivity contribution in [2.75, 3.05) is 0 Å². The summed E-state index contributed by atoms with van der Waals surface area (Å²) in [4.78, 5) is 10.9. The summed E-state index contributed by atoms with van der Waals surface area (Å²) in [5.74, 6) is 0.654. The van der Waals surface area contributed by atoms with Gasteiger partial charge in [0.05, 0.1) is 5.56 Å². The first-order valence-corrected chi connectivity index (χ1v) is 7.65. The molecular weight excluding hydrogens is 248 g/mol. The van der Waals surface area contributed by atoms with Crippen LogP contribution >= 0.6 is 0 Å². The van der Waals surface area contributed by atoms with Crippen molar-refractivity contribution in [3.8, 4) is 0 Å². The van der Waals surface area contributed by atoms with Crippen LogP contribution in [0.15, 0.2) is 36.4 Å². The predicted molar refractivity (Wildman–Crippen MR) is 82.1 cm³/mol. The van der Waals surface area contributed by atoms with Gasteiger partial charge in [0.15, 0.2) is 0 Å². The summed E-state index contributed by atoms with van der Waals surface area (Å²) in [5, 5.41) is 8.92. The lowest BCUT2D eigenvalue weighted by molar-refractivity contribution is 0.0697. The normalized spacial score (nSPS) is 23.1. The number of hydrogen-bond acceptors (Lipinski definition) is 1. The maximum absolute atomic E-state index is 10.9. The Bertz CT molecular complexity index is 451. The molecule has 0 unspecified atom stereocenters. The first kappa shape index (κ1) is 14.8. The van der Waals surface area contributed by atoms with Gasteiger partial charge in [-0.2, -0.15) is 0 Å². The second-order valence-corrected chi connectivity index (χ2v) is 5.79. The Morgan fingerprint density at radius 3 is 2.40 bits per heavy atom. The SMILES string of the molecule is C/C=C/CC[C@H]1CC[C@H](c2ccc(C(=O)O)cc2)CC1. The topological polar surface area (TPSA) is 37.3 Å². The van der Waals surface area contributed by atoms with E-state index in [2.05, 4.69) is 19.1 Å². The average Bonchev–Trinajstić information content (AvgIpc) is 2.48. The smallest absolute Gasteiger partial charge is 0.335 e. The van der Waals surface area contributed by atoms with E-state index in [1.807, 2.05) is 12.1 Å². The van der Waals surface area contributed by atoms with Gasteiger partial charge < -0.3 is 5.11 Å². The quantitative estimate of drug-likeness (QED) is 0.764. The van der Waals surface area contributed by atoms with Crippen LogP contribution in [-0.4, -0.2) is 11.1 Å². The van der Waals surface area contributed by atoms with Crippen LogP contribution < -0.4 is 0 Å². The fraction of sp³-hybridized carbons (Fsp3) is 0.500. The predicted octanol–water partition coefficient (Wildman–Crippen LogP) is 5.01. The Morgan fingerprint density at radius 2 is 1.85 bits per heavy atom. The zero-order chi connectivity index (χ0) is 14.4. The minimum absolute atomic E-state index is 0.383. The van der Waals surface area contributed by atoms with Gasteiger partial charge in [0.2, 0.25) is 0 Å². The Hall–Kier alpha value is -1.57. The first-order valence-electron chi connectivity index (χ1n) is 7.65. The lowest BCUT2D eigenvalue weighted by Crippen LogP contribution is -2.13. The minimum Gasteiger partial charge on any atom is -0.478 e. The Labute approximate surface area is 121 Å². The molecule has 1 fully saturated rings. The summed E-state index contributed by atoms with van der Waals surface area (Å²) in [7, 11) is 0. The lowest BCUT2D eigenvalue weighted by Gasteiger charge is -2.28. The fourth-order valence-electron chi connectivity index (χ4n) is 3.18. The largest absolute Gasteiger partial charge is 0.478 e. The standard InChI is InChI=1S/C18H24O2/c1-2-3-4-5-14-6-8-15(9-7-14)16-10-12-17(13-11-16)18(19)20/h2-3,10-15H,4-9H2,1H3,(H,19,20)/b3-2+/t14-,15-. The summed E-state index contributed by atoms with van der Waals surface area (Å²) in [6.45, 7) is 2.08. The fourth-order valence-corrected chi connectivity index (χ4v) is 3.18. The molecule has 0 bridgehead atoms.